The molecular weight excluding hydrogens is 306 g/mol. The zero-order valence-corrected chi connectivity index (χ0v) is 13.5. The fourth-order valence-corrected chi connectivity index (χ4v) is 2.43. The van der Waals surface area contributed by atoms with Gasteiger partial charge in [0.15, 0.2) is 0 Å². The average Bonchev–Trinajstić information content (AvgIpc) is 2.26. The number of amides is 1. The first-order valence-electron chi connectivity index (χ1n) is 6.42. The minimum atomic E-state index is -0.0848. The fraction of sp³-hybridized carbons (Fsp3) is 0.533. The van der Waals surface area contributed by atoms with Gasteiger partial charge in [-0.1, -0.05) is 36.7 Å². The number of aromatic hydroxyl groups is 1. The number of phenols is 1. The highest BCUT2D eigenvalue weighted by molar-refractivity contribution is 9.09. The van der Waals surface area contributed by atoms with Crippen LogP contribution in [0.4, 0.5) is 0 Å². The lowest BCUT2D eigenvalue weighted by Gasteiger charge is -2.31. The summed E-state index contributed by atoms with van der Waals surface area (Å²) in [6.07, 6.45) is 0.881. The van der Waals surface area contributed by atoms with Crippen molar-refractivity contribution in [1.29, 1.82) is 0 Å². The largest absolute Gasteiger partial charge is 0.508 e. The SMILES string of the molecule is Cc1cc(O)ccc1C(=O)NC(CCBr)C(C)(C)C. The summed E-state index contributed by atoms with van der Waals surface area (Å²) in [5, 5.41) is 13.3. The van der Waals surface area contributed by atoms with Gasteiger partial charge in [-0.05, 0) is 42.5 Å². The Balaban J connectivity index is 2.88. The highest BCUT2D eigenvalue weighted by atomic mass is 79.9. The van der Waals surface area contributed by atoms with Crippen LogP contribution in [0.1, 0.15) is 43.1 Å². The average molecular weight is 328 g/mol. The first-order valence-corrected chi connectivity index (χ1v) is 7.54. The summed E-state index contributed by atoms with van der Waals surface area (Å²) in [5.74, 6) is 0.0975. The van der Waals surface area contributed by atoms with Crippen molar-refractivity contribution in [3.05, 3.63) is 29.3 Å². The van der Waals surface area contributed by atoms with E-state index in [1.165, 1.54) is 0 Å². The molecule has 1 rings (SSSR count). The first-order chi connectivity index (χ1) is 8.75. The van der Waals surface area contributed by atoms with Gasteiger partial charge < -0.3 is 10.4 Å². The summed E-state index contributed by atoms with van der Waals surface area (Å²) < 4.78 is 0. The van der Waals surface area contributed by atoms with E-state index in [0.29, 0.717) is 5.56 Å². The van der Waals surface area contributed by atoms with Crippen molar-refractivity contribution in [3.63, 3.8) is 0 Å². The number of benzene rings is 1. The van der Waals surface area contributed by atoms with Gasteiger partial charge in [-0.3, -0.25) is 4.79 Å². The van der Waals surface area contributed by atoms with E-state index in [9.17, 15) is 9.90 Å². The molecule has 0 saturated carbocycles. The van der Waals surface area contributed by atoms with Gasteiger partial charge in [-0.15, -0.1) is 0 Å². The molecule has 0 aliphatic carbocycles. The van der Waals surface area contributed by atoms with E-state index >= 15 is 0 Å². The lowest BCUT2D eigenvalue weighted by Crippen LogP contribution is -2.44. The highest BCUT2D eigenvalue weighted by Crippen LogP contribution is 2.23. The molecule has 1 atom stereocenters. The summed E-state index contributed by atoms with van der Waals surface area (Å²) in [7, 11) is 0. The van der Waals surface area contributed by atoms with Crippen LogP contribution in [0.2, 0.25) is 0 Å². The quantitative estimate of drug-likeness (QED) is 0.829. The molecule has 2 N–H and O–H groups in total. The van der Waals surface area contributed by atoms with Crippen molar-refractivity contribution in [2.24, 2.45) is 5.41 Å². The second-order valence-electron chi connectivity index (χ2n) is 5.87. The maximum absolute atomic E-state index is 12.3. The van der Waals surface area contributed by atoms with E-state index in [2.05, 4.69) is 42.0 Å². The van der Waals surface area contributed by atoms with Crippen LogP contribution < -0.4 is 5.32 Å². The van der Waals surface area contributed by atoms with Gasteiger partial charge in [0.05, 0.1) is 0 Å². The first kappa shape index (κ1) is 16.0. The summed E-state index contributed by atoms with van der Waals surface area (Å²) in [5.41, 5.74) is 1.40. The molecular formula is C15H22BrNO2. The van der Waals surface area contributed by atoms with E-state index in [1.807, 2.05) is 6.92 Å². The van der Waals surface area contributed by atoms with Crippen LogP contribution in [-0.4, -0.2) is 22.4 Å². The van der Waals surface area contributed by atoms with Gasteiger partial charge in [0.1, 0.15) is 5.75 Å². The van der Waals surface area contributed by atoms with E-state index in [1.54, 1.807) is 18.2 Å². The lowest BCUT2D eigenvalue weighted by molar-refractivity contribution is 0.0900. The maximum Gasteiger partial charge on any atom is 0.251 e. The molecule has 0 aliphatic heterocycles. The van der Waals surface area contributed by atoms with Gasteiger partial charge in [0.25, 0.3) is 5.91 Å². The number of hydrogen-bond acceptors (Lipinski definition) is 2. The molecule has 106 valence electrons. The molecule has 0 aromatic heterocycles. The number of carbonyl (C=O) groups excluding carboxylic acids is 1. The minimum Gasteiger partial charge on any atom is -0.508 e. The third-order valence-electron chi connectivity index (χ3n) is 3.20. The molecule has 0 heterocycles. The monoisotopic (exact) mass is 327 g/mol. The number of rotatable bonds is 4. The van der Waals surface area contributed by atoms with Crippen molar-refractivity contribution < 1.29 is 9.90 Å². The molecule has 1 amide bonds. The Morgan fingerprint density at radius 3 is 2.53 bits per heavy atom. The molecule has 19 heavy (non-hydrogen) atoms. The van der Waals surface area contributed by atoms with Crippen LogP contribution in [-0.2, 0) is 0 Å². The Morgan fingerprint density at radius 1 is 1.42 bits per heavy atom. The maximum atomic E-state index is 12.3. The van der Waals surface area contributed by atoms with E-state index in [0.717, 1.165) is 17.3 Å². The van der Waals surface area contributed by atoms with Crippen molar-refractivity contribution in [2.75, 3.05) is 5.33 Å². The Bertz CT molecular complexity index is 452. The molecule has 3 nitrogen and oxygen atoms in total. The fourth-order valence-electron chi connectivity index (χ4n) is 1.97. The van der Waals surface area contributed by atoms with Crippen LogP contribution in [0.5, 0.6) is 5.75 Å². The molecule has 1 aromatic rings. The minimum absolute atomic E-state index is 0.00819. The van der Waals surface area contributed by atoms with Gasteiger partial charge in [-0.2, -0.15) is 0 Å². The second kappa shape index (κ2) is 6.42. The Labute approximate surface area is 123 Å². The number of halogens is 1. The molecule has 0 saturated heterocycles. The summed E-state index contributed by atoms with van der Waals surface area (Å²) >= 11 is 3.43. The predicted octanol–water partition coefficient (Wildman–Crippen LogP) is 3.63. The van der Waals surface area contributed by atoms with Crippen molar-refractivity contribution >= 4 is 21.8 Å². The van der Waals surface area contributed by atoms with E-state index in [4.69, 9.17) is 0 Å². The molecule has 0 bridgehead atoms. The van der Waals surface area contributed by atoms with Crippen molar-refractivity contribution in [3.8, 4) is 5.75 Å². The predicted molar refractivity (Wildman–Crippen MR) is 82.0 cm³/mol. The van der Waals surface area contributed by atoms with Gasteiger partial charge in [0, 0.05) is 16.9 Å². The molecule has 1 aromatic carbocycles. The summed E-state index contributed by atoms with van der Waals surface area (Å²) in [4.78, 5) is 12.3. The summed E-state index contributed by atoms with van der Waals surface area (Å²) in [6, 6.07) is 4.91. The standard InChI is InChI=1S/C15H22BrNO2/c1-10-9-11(18)5-6-12(10)14(19)17-13(7-8-16)15(2,3)4/h5-6,9,13,18H,7-8H2,1-4H3,(H,17,19). The van der Waals surface area contributed by atoms with Gasteiger partial charge >= 0.3 is 0 Å². The molecule has 0 aliphatic rings. The Hall–Kier alpha value is -1.03. The van der Waals surface area contributed by atoms with Crippen molar-refractivity contribution in [2.45, 2.75) is 40.2 Å². The molecule has 0 spiro atoms. The van der Waals surface area contributed by atoms with Crippen LogP contribution in [0.25, 0.3) is 0 Å². The highest BCUT2D eigenvalue weighted by Gasteiger charge is 2.26. The number of alkyl halides is 1. The van der Waals surface area contributed by atoms with E-state index < -0.39 is 0 Å². The van der Waals surface area contributed by atoms with Crippen molar-refractivity contribution in [1.82, 2.24) is 5.32 Å². The zero-order chi connectivity index (χ0) is 14.6. The molecule has 4 heteroatoms. The molecule has 0 radical (unpaired) electrons. The Kier molecular flexibility index (Phi) is 5.41. The van der Waals surface area contributed by atoms with Gasteiger partial charge in [-0.25, -0.2) is 0 Å². The normalized spacial score (nSPS) is 13.1. The summed E-state index contributed by atoms with van der Waals surface area (Å²) in [6.45, 7) is 8.17. The number of carbonyl (C=O) groups is 1. The topological polar surface area (TPSA) is 49.3 Å². The van der Waals surface area contributed by atoms with E-state index in [-0.39, 0.29) is 23.1 Å². The molecule has 1 unspecified atom stereocenters. The number of nitrogens with one attached hydrogen (secondary N) is 1. The van der Waals surface area contributed by atoms with Crippen LogP contribution in [0.3, 0.4) is 0 Å². The van der Waals surface area contributed by atoms with Gasteiger partial charge in [0.2, 0.25) is 0 Å². The smallest absolute Gasteiger partial charge is 0.251 e. The number of aryl methyl sites for hydroxylation is 1. The number of hydrogen-bond donors (Lipinski definition) is 2. The van der Waals surface area contributed by atoms with Crippen LogP contribution in [0, 0.1) is 12.3 Å². The molecule has 0 fully saturated rings. The van der Waals surface area contributed by atoms with Crippen LogP contribution >= 0.6 is 15.9 Å². The lowest BCUT2D eigenvalue weighted by atomic mass is 9.85. The third kappa shape index (κ3) is 4.53. The van der Waals surface area contributed by atoms with Crippen LogP contribution in [0.15, 0.2) is 18.2 Å². The Morgan fingerprint density at radius 2 is 2.05 bits per heavy atom. The number of phenolic OH excluding ortho intramolecular Hbond substituents is 1. The zero-order valence-electron chi connectivity index (χ0n) is 12.0. The second-order valence-corrected chi connectivity index (χ2v) is 6.66. The third-order valence-corrected chi connectivity index (χ3v) is 3.66.